The minimum Gasteiger partial charge on any atom is -0.321 e. The van der Waals surface area contributed by atoms with Gasteiger partial charge in [-0.15, -0.1) is 0 Å². The van der Waals surface area contributed by atoms with Crippen molar-refractivity contribution in [3.8, 4) is 11.3 Å². The number of carbonyl (C=O) groups is 1. The van der Waals surface area contributed by atoms with Gasteiger partial charge in [0.05, 0.1) is 17.3 Å². The Morgan fingerprint density at radius 2 is 1.77 bits per heavy atom. The summed E-state index contributed by atoms with van der Waals surface area (Å²) in [5.74, 6) is -2.93. The minimum atomic E-state index is -1.17. The van der Waals surface area contributed by atoms with E-state index in [4.69, 9.17) is 0 Å². The first-order chi connectivity index (χ1) is 14.4. The van der Waals surface area contributed by atoms with Crippen molar-refractivity contribution in [3.63, 3.8) is 0 Å². The number of rotatable bonds is 4. The van der Waals surface area contributed by atoms with Gasteiger partial charge in [0, 0.05) is 24.3 Å². The summed E-state index contributed by atoms with van der Waals surface area (Å²) in [5.41, 5.74) is 1.26. The number of nitrogens with zero attached hydrogens (tertiary/aromatic N) is 4. The number of amides is 1. The van der Waals surface area contributed by atoms with Gasteiger partial charge in [0.15, 0.2) is 11.6 Å². The number of aryl methyl sites for hydroxylation is 1. The van der Waals surface area contributed by atoms with E-state index in [1.807, 2.05) is 25.2 Å². The molecule has 0 aliphatic heterocycles. The summed E-state index contributed by atoms with van der Waals surface area (Å²) < 4.78 is 29.7. The predicted octanol–water partition coefficient (Wildman–Crippen LogP) is 3.18. The molecule has 0 saturated carbocycles. The lowest BCUT2D eigenvalue weighted by atomic mass is 10.1. The Kier molecular flexibility index (Phi) is 4.71. The summed E-state index contributed by atoms with van der Waals surface area (Å²) in [6.45, 7) is 3.61. The quantitative estimate of drug-likeness (QED) is 0.527. The van der Waals surface area contributed by atoms with Crippen LogP contribution in [0.1, 0.15) is 0 Å². The Balaban J connectivity index is 1.58. The van der Waals surface area contributed by atoms with Crippen LogP contribution in [0.4, 0.5) is 14.5 Å². The van der Waals surface area contributed by atoms with Crippen molar-refractivity contribution >= 4 is 28.1 Å². The van der Waals surface area contributed by atoms with E-state index < -0.39 is 23.1 Å². The third-order valence-corrected chi connectivity index (χ3v) is 4.63. The van der Waals surface area contributed by atoms with Crippen molar-refractivity contribution in [1.29, 1.82) is 0 Å². The minimum absolute atomic E-state index is 0.113. The molecule has 150 valence electrons. The van der Waals surface area contributed by atoms with E-state index in [0.717, 1.165) is 34.3 Å². The number of carbonyl (C=O) groups excluding carboxylic acids is 1. The van der Waals surface area contributed by atoms with Crippen molar-refractivity contribution in [2.45, 2.75) is 0 Å². The summed E-state index contributed by atoms with van der Waals surface area (Å²) in [4.78, 5) is 25.1. The average Bonchev–Trinajstić information content (AvgIpc) is 3.17. The fourth-order valence-corrected chi connectivity index (χ4v) is 3.03. The van der Waals surface area contributed by atoms with Gasteiger partial charge >= 0.3 is 0 Å². The van der Waals surface area contributed by atoms with Crippen LogP contribution in [0.2, 0.25) is 0 Å². The zero-order valence-corrected chi connectivity index (χ0v) is 15.8. The van der Waals surface area contributed by atoms with Crippen LogP contribution in [0.3, 0.4) is 0 Å². The van der Waals surface area contributed by atoms with Gasteiger partial charge < -0.3 is 5.32 Å². The van der Waals surface area contributed by atoms with Crippen LogP contribution < -0.4 is 10.9 Å². The number of hydrogen-bond donors (Lipinski definition) is 1. The predicted molar refractivity (Wildman–Crippen MR) is 109 cm³/mol. The van der Waals surface area contributed by atoms with Crippen LogP contribution in [-0.4, -0.2) is 25.5 Å². The monoisotopic (exact) mass is 407 g/mol. The molecule has 30 heavy (non-hydrogen) atoms. The highest BCUT2D eigenvalue weighted by Crippen LogP contribution is 2.21. The van der Waals surface area contributed by atoms with Crippen LogP contribution in [-0.2, 0) is 11.8 Å². The molecule has 0 bridgehead atoms. The highest BCUT2D eigenvalue weighted by atomic mass is 19.2. The van der Waals surface area contributed by atoms with E-state index in [1.54, 1.807) is 23.0 Å². The fraction of sp³-hybridized carbons (Fsp3) is 0.0476. The number of benzene rings is 2. The number of nitrogens with one attached hydrogen (secondary N) is 1. The smallest absolute Gasteiger partial charge is 0.279 e. The molecule has 4 rings (SSSR count). The maximum absolute atomic E-state index is 13.8. The maximum Gasteiger partial charge on any atom is 0.279 e. The Morgan fingerprint density at radius 1 is 1.03 bits per heavy atom. The molecule has 0 atom stereocenters. The molecule has 7 nitrogen and oxygen atoms in total. The van der Waals surface area contributed by atoms with Crippen molar-refractivity contribution in [2.75, 3.05) is 5.32 Å². The highest BCUT2D eigenvalue weighted by molar-refractivity contribution is 6.19. The molecule has 1 amide bonds. The Morgan fingerprint density at radius 3 is 2.43 bits per heavy atom. The number of hydrogen-bond acceptors (Lipinski definition) is 4. The standard InChI is InChI=1S/C21H15F2N5O2/c1-12(28-21(30)15-7-8-17(22)19(23)16(15)11-25-28)20(29)26-14-5-3-13(4-6-14)18-9-10-24-27(18)2/h3-11H,1H2,2H3,(H,26,29). The molecule has 0 unspecified atom stereocenters. The lowest BCUT2D eigenvalue weighted by molar-refractivity contribution is -0.111. The third-order valence-electron chi connectivity index (χ3n) is 4.63. The lowest BCUT2D eigenvalue weighted by Gasteiger charge is -2.11. The number of halogens is 2. The van der Waals surface area contributed by atoms with Crippen LogP contribution in [0.25, 0.3) is 27.7 Å². The van der Waals surface area contributed by atoms with E-state index in [-0.39, 0.29) is 16.5 Å². The number of anilines is 1. The topological polar surface area (TPSA) is 81.8 Å². The molecule has 0 radical (unpaired) electrons. The van der Waals surface area contributed by atoms with Gasteiger partial charge in [-0.05, 0) is 35.9 Å². The van der Waals surface area contributed by atoms with Gasteiger partial charge in [-0.3, -0.25) is 14.3 Å². The van der Waals surface area contributed by atoms with Crippen molar-refractivity contribution in [3.05, 3.63) is 83.4 Å². The second-order valence-electron chi connectivity index (χ2n) is 6.50. The molecule has 4 aromatic rings. The van der Waals surface area contributed by atoms with Crippen molar-refractivity contribution in [1.82, 2.24) is 19.6 Å². The maximum atomic E-state index is 13.8. The van der Waals surface area contributed by atoms with E-state index in [0.29, 0.717) is 5.69 Å². The first kappa shape index (κ1) is 19.2. The van der Waals surface area contributed by atoms with Crippen LogP contribution in [0.15, 0.2) is 66.2 Å². The summed E-state index contributed by atoms with van der Waals surface area (Å²) in [6.07, 6.45) is 2.67. The summed E-state index contributed by atoms with van der Waals surface area (Å²) in [7, 11) is 1.82. The largest absolute Gasteiger partial charge is 0.321 e. The fourth-order valence-electron chi connectivity index (χ4n) is 3.03. The summed E-state index contributed by atoms with van der Waals surface area (Å²) in [6, 6.07) is 10.9. The van der Waals surface area contributed by atoms with Crippen LogP contribution in [0.5, 0.6) is 0 Å². The number of aromatic nitrogens is 4. The van der Waals surface area contributed by atoms with Crippen LogP contribution >= 0.6 is 0 Å². The van der Waals surface area contributed by atoms with E-state index in [2.05, 4.69) is 22.1 Å². The van der Waals surface area contributed by atoms with Gasteiger partial charge in [0.25, 0.3) is 11.5 Å². The third kappa shape index (κ3) is 3.26. The molecule has 0 aliphatic rings. The molecule has 2 aromatic heterocycles. The molecule has 1 N–H and O–H groups in total. The van der Waals surface area contributed by atoms with E-state index in [9.17, 15) is 18.4 Å². The van der Waals surface area contributed by atoms with Gasteiger partial charge in [0.1, 0.15) is 5.70 Å². The number of fused-ring (bicyclic) bond motifs is 1. The molecule has 0 saturated heterocycles. The zero-order valence-electron chi connectivity index (χ0n) is 15.8. The SMILES string of the molecule is C=C(C(=O)Nc1ccc(-c2ccnn2C)cc1)n1ncc2c(F)c(F)ccc2c1=O. The zero-order chi connectivity index (χ0) is 21.4. The molecule has 0 fully saturated rings. The molecular formula is C21H15F2N5O2. The van der Waals surface area contributed by atoms with E-state index in [1.165, 1.54) is 0 Å². The molecule has 0 aliphatic carbocycles. The molecular weight excluding hydrogens is 392 g/mol. The Hall–Kier alpha value is -4.14. The molecule has 2 aromatic carbocycles. The Labute approximate surface area is 168 Å². The molecule has 2 heterocycles. The van der Waals surface area contributed by atoms with Crippen LogP contribution in [0, 0.1) is 11.6 Å². The van der Waals surface area contributed by atoms with Gasteiger partial charge in [-0.1, -0.05) is 18.7 Å². The van der Waals surface area contributed by atoms with Crippen molar-refractivity contribution in [2.24, 2.45) is 7.05 Å². The van der Waals surface area contributed by atoms with E-state index >= 15 is 0 Å². The van der Waals surface area contributed by atoms with Gasteiger partial charge in [-0.2, -0.15) is 14.9 Å². The van der Waals surface area contributed by atoms with Gasteiger partial charge in [0.2, 0.25) is 0 Å². The summed E-state index contributed by atoms with van der Waals surface area (Å²) >= 11 is 0. The molecule has 9 heteroatoms. The first-order valence-corrected chi connectivity index (χ1v) is 8.82. The second-order valence-corrected chi connectivity index (χ2v) is 6.50. The normalized spacial score (nSPS) is 10.9. The highest BCUT2D eigenvalue weighted by Gasteiger charge is 2.17. The lowest BCUT2D eigenvalue weighted by Crippen LogP contribution is -2.28. The summed E-state index contributed by atoms with van der Waals surface area (Å²) in [5, 5.41) is 10.1. The second kappa shape index (κ2) is 7.36. The molecule has 0 spiro atoms. The Bertz CT molecular complexity index is 1360. The van der Waals surface area contributed by atoms with Gasteiger partial charge in [-0.25, -0.2) is 8.78 Å². The first-order valence-electron chi connectivity index (χ1n) is 8.82. The average molecular weight is 407 g/mol. The van der Waals surface area contributed by atoms with Crippen molar-refractivity contribution < 1.29 is 13.6 Å².